The Morgan fingerprint density at radius 1 is 0.900 bits per heavy atom. The number of carbonyl (C=O) groups is 2. The van der Waals surface area contributed by atoms with Gasteiger partial charge in [0.15, 0.2) is 0 Å². The van der Waals surface area contributed by atoms with Gasteiger partial charge in [0.05, 0.1) is 15.6 Å². The van der Waals surface area contributed by atoms with Crippen LogP contribution in [0.1, 0.15) is 38.7 Å². The second kappa shape index (κ2) is 14.7. The van der Waals surface area contributed by atoms with Crippen molar-refractivity contribution in [3.8, 4) is 0 Å². The molecule has 3 aromatic carbocycles. The molecule has 11 heteroatoms. The fourth-order valence-corrected chi connectivity index (χ4v) is 6.36. The second-order valence-electron chi connectivity index (χ2n) is 9.10. The Labute approximate surface area is 251 Å². The van der Waals surface area contributed by atoms with Crippen molar-refractivity contribution in [2.24, 2.45) is 0 Å². The minimum absolute atomic E-state index is 0.000587. The highest BCUT2D eigenvalue weighted by molar-refractivity contribution is 7.92. The highest BCUT2D eigenvalue weighted by Crippen LogP contribution is 2.31. The molecule has 0 aromatic heterocycles. The molecule has 1 N–H and O–H groups in total. The number of sulfonamides is 1. The topological polar surface area (TPSA) is 86.8 Å². The molecule has 0 heterocycles. The van der Waals surface area contributed by atoms with Gasteiger partial charge in [-0.15, -0.1) is 0 Å². The van der Waals surface area contributed by atoms with Gasteiger partial charge in [-0.05, 0) is 54.8 Å². The Kier molecular flexibility index (Phi) is 11.7. The van der Waals surface area contributed by atoms with E-state index in [1.54, 1.807) is 61.5 Å². The maximum Gasteiger partial charge on any atom is 0.264 e. The fourth-order valence-electron chi connectivity index (χ4n) is 4.15. The van der Waals surface area contributed by atoms with Crippen molar-refractivity contribution in [1.29, 1.82) is 0 Å². The van der Waals surface area contributed by atoms with E-state index in [9.17, 15) is 18.0 Å². The van der Waals surface area contributed by atoms with Crippen molar-refractivity contribution in [1.82, 2.24) is 10.2 Å². The average Bonchev–Trinajstić information content (AvgIpc) is 2.93. The lowest BCUT2D eigenvalue weighted by atomic mass is 10.1. The van der Waals surface area contributed by atoms with Gasteiger partial charge < -0.3 is 10.2 Å². The molecule has 0 radical (unpaired) electrons. The number of hydrogen-bond donors (Lipinski definition) is 1. The van der Waals surface area contributed by atoms with Crippen LogP contribution < -0.4 is 9.62 Å². The number of unbranched alkanes of at least 4 members (excludes halogenated alkanes) is 1. The van der Waals surface area contributed by atoms with E-state index in [0.29, 0.717) is 28.6 Å². The molecule has 3 rings (SSSR count). The monoisotopic (exact) mass is 623 g/mol. The molecular weight excluding hydrogens is 593 g/mol. The summed E-state index contributed by atoms with van der Waals surface area (Å²) < 4.78 is 28.6. The van der Waals surface area contributed by atoms with Crippen LogP contribution in [0.15, 0.2) is 77.7 Å². The number of carbonyl (C=O) groups excluding carboxylic acids is 2. The summed E-state index contributed by atoms with van der Waals surface area (Å²) in [6.45, 7) is 3.64. The van der Waals surface area contributed by atoms with Crippen molar-refractivity contribution in [3.63, 3.8) is 0 Å². The van der Waals surface area contributed by atoms with E-state index in [0.717, 1.165) is 17.1 Å². The van der Waals surface area contributed by atoms with Crippen molar-refractivity contribution >= 4 is 62.3 Å². The summed E-state index contributed by atoms with van der Waals surface area (Å²) >= 11 is 18.9. The highest BCUT2D eigenvalue weighted by atomic mass is 35.5. The zero-order chi connectivity index (χ0) is 29.3. The molecule has 0 fully saturated rings. The molecule has 0 aliphatic heterocycles. The van der Waals surface area contributed by atoms with Gasteiger partial charge in [-0.2, -0.15) is 0 Å². The van der Waals surface area contributed by atoms with Crippen LogP contribution in [0.3, 0.4) is 0 Å². The van der Waals surface area contributed by atoms with Gasteiger partial charge in [0.2, 0.25) is 11.8 Å². The molecule has 2 amide bonds. The van der Waals surface area contributed by atoms with Gasteiger partial charge in [-0.25, -0.2) is 8.42 Å². The molecular formula is C29H32Cl3N3O4S. The SMILES string of the molecule is CCCCNC(=O)[C@@H](CC)N(Cc1ccc(Cl)cc1Cl)C(=O)CN(c1ccccc1Cl)S(=O)(=O)c1ccccc1. The van der Waals surface area contributed by atoms with Gasteiger partial charge in [0, 0.05) is 23.1 Å². The molecule has 3 aromatic rings. The van der Waals surface area contributed by atoms with Crippen LogP contribution in [0.4, 0.5) is 5.69 Å². The maximum atomic E-state index is 14.1. The van der Waals surface area contributed by atoms with E-state index in [1.165, 1.54) is 23.1 Å². The number of anilines is 1. The molecule has 40 heavy (non-hydrogen) atoms. The molecule has 1 atom stereocenters. The molecule has 0 aliphatic carbocycles. The van der Waals surface area contributed by atoms with E-state index in [1.807, 2.05) is 6.92 Å². The predicted octanol–water partition coefficient (Wildman–Crippen LogP) is 6.57. The Bertz CT molecular complexity index is 1420. The lowest BCUT2D eigenvalue weighted by Gasteiger charge is -2.33. The first-order valence-corrected chi connectivity index (χ1v) is 15.5. The third kappa shape index (κ3) is 7.91. The summed E-state index contributed by atoms with van der Waals surface area (Å²) in [7, 11) is -4.20. The number of amides is 2. The third-order valence-electron chi connectivity index (χ3n) is 6.30. The smallest absolute Gasteiger partial charge is 0.264 e. The van der Waals surface area contributed by atoms with Crippen molar-refractivity contribution in [2.45, 2.75) is 50.6 Å². The Balaban J connectivity index is 2.06. The van der Waals surface area contributed by atoms with Crippen molar-refractivity contribution in [2.75, 3.05) is 17.4 Å². The summed E-state index contributed by atoms with van der Waals surface area (Å²) in [6.07, 6.45) is 1.98. The van der Waals surface area contributed by atoms with Gasteiger partial charge in [-0.1, -0.05) is 91.5 Å². The molecule has 7 nitrogen and oxygen atoms in total. The summed E-state index contributed by atoms with van der Waals surface area (Å²) in [5.41, 5.74) is 0.709. The first-order valence-electron chi connectivity index (χ1n) is 12.9. The Morgan fingerprint density at radius 2 is 1.57 bits per heavy atom. The molecule has 214 valence electrons. The highest BCUT2D eigenvalue weighted by Gasteiger charge is 2.34. The number of benzene rings is 3. The van der Waals surface area contributed by atoms with Crippen LogP contribution in [-0.4, -0.2) is 44.3 Å². The summed E-state index contributed by atoms with van der Waals surface area (Å²) in [4.78, 5) is 28.7. The summed E-state index contributed by atoms with van der Waals surface area (Å²) in [6, 6.07) is 18.2. The molecule has 0 aliphatic rings. The number of nitrogens with zero attached hydrogens (tertiary/aromatic N) is 2. The van der Waals surface area contributed by atoms with Crippen molar-refractivity contribution < 1.29 is 18.0 Å². The van der Waals surface area contributed by atoms with E-state index < -0.39 is 28.5 Å². The lowest BCUT2D eigenvalue weighted by molar-refractivity contribution is -0.140. The molecule has 0 saturated carbocycles. The zero-order valence-electron chi connectivity index (χ0n) is 22.3. The van der Waals surface area contributed by atoms with E-state index in [-0.39, 0.29) is 28.1 Å². The van der Waals surface area contributed by atoms with Crippen LogP contribution in [0.5, 0.6) is 0 Å². The quantitative estimate of drug-likeness (QED) is 0.218. The minimum atomic E-state index is -4.20. The fraction of sp³-hybridized carbons (Fsp3) is 0.310. The Morgan fingerprint density at radius 3 is 2.20 bits per heavy atom. The number of nitrogens with one attached hydrogen (secondary N) is 1. The number of para-hydroxylation sites is 1. The summed E-state index contributed by atoms with van der Waals surface area (Å²) in [5.74, 6) is -0.924. The predicted molar refractivity (Wildman–Crippen MR) is 161 cm³/mol. The first kappa shape index (κ1) is 31.7. The van der Waals surface area contributed by atoms with Crippen LogP contribution in [0, 0.1) is 0 Å². The number of halogens is 3. The van der Waals surface area contributed by atoms with E-state index in [2.05, 4.69) is 5.32 Å². The van der Waals surface area contributed by atoms with Crippen LogP contribution in [0.2, 0.25) is 15.1 Å². The maximum absolute atomic E-state index is 14.1. The zero-order valence-corrected chi connectivity index (χ0v) is 25.4. The minimum Gasteiger partial charge on any atom is -0.354 e. The second-order valence-corrected chi connectivity index (χ2v) is 12.2. The Hall–Kier alpha value is -2.78. The van der Waals surface area contributed by atoms with Gasteiger partial charge in [-0.3, -0.25) is 13.9 Å². The van der Waals surface area contributed by atoms with Crippen molar-refractivity contribution in [3.05, 3.63) is 93.4 Å². The van der Waals surface area contributed by atoms with Gasteiger partial charge in [0.1, 0.15) is 12.6 Å². The largest absolute Gasteiger partial charge is 0.354 e. The van der Waals surface area contributed by atoms with Gasteiger partial charge >= 0.3 is 0 Å². The van der Waals surface area contributed by atoms with Gasteiger partial charge in [0.25, 0.3) is 10.0 Å². The van der Waals surface area contributed by atoms with E-state index >= 15 is 0 Å². The molecule has 0 saturated heterocycles. The first-order chi connectivity index (χ1) is 19.1. The molecule has 0 unspecified atom stereocenters. The summed E-state index contributed by atoms with van der Waals surface area (Å²) in [5, 5.41) is 3.80. The standard InChI is InChI=1S/C29H32Cl3N3O4S/c1-3-5-17-33-29(37)26(4-2)34(19-21-15-16-22(30)18-25(21)32)28(36)20-35(27-14-10-9-13-24(27)31)40(38,39)23-11-7-6-8-12-23/h6-16,18,26H,3-5,17,19-20H2,1-2H3,(H,33,37)/t26-/m1/s1. The third-order valence-corrected chi connectivity index (χ3v) is 8.98. The number of hydrogen-bond acceptors (Lipinski definition) is 4. The van der Waals surface area contributed by atoms with Crippen LogP contribution in [0.25, 0.3) is 0 Å². The molecule has 0 bridgehead atoms. The van der Waals surface area contributed by atoms with Crippen LogP contribution in [-0.2, 0) is 26.2 Å². The average molecular weight is 625 g/mol. The van der Waals surface area contributed by atoms with E-state index in [4.69, 9.17) is 34.8 Å². The number of rotatable bonds is 13. The van der Waals surface area contributed by atoms with Crippen LogP contribution >= 0.6 is 34.8 Å². The molecule has 0 spiro atoms. The normalized spacial score (nSPS) is 12.0. The lowest BCUT2D eigenvalue weighted by Crippen LogP contribution is -2.52.